The van der Waals surface area contributed by atoms with Gasteiger partial charge in [0.05, 0.1) is 25.8 Å². The van der Waals surface area contributed by atoms with Gasteiger partial charge in [0.2, 0.25) is 0 Å². The number of aryl methyl sites for hydroxylation is 1. The molecule has 3 rings (SSSR count). The van der Waals surface area contributed by atoms with Crippen LogP contribution in [0, 0.1) is 6.92 Å². The van der Waals surface area contributed by atoms with E-state index in [2.05, 4.69) is 15.3 Å². The largest absolute Gasteiger partial charge is 0.493 e. The van der Waals surface area contributed by atoms with E-state index in [9.17, 15) is 19.7 Å². The summed E-state index contributed by atoms with van der Waals surface area (Å²) in [7, 11) is 1.40. The first-order valence-electron chi connectivity index (χ1n) is 10.0. The summed E-state index contributed by atoms with van der Waals surface area (Å²) in [6.07, 6.45) is -5.93. The molecule has 0 unspecified atom stereocenters. The molecule has 11 heteroatoms. The van der Waals surface area contributed by atoms with Crippen molar-refractivity contribution in [1.29, 1.82) is 0 Å². The van der Waals surface area contributed by atoms with E-state index in [1.165, 1.54) is 19.5 Å². The van der Waals surface area contributed by atoms with Crippen LogP contribution in [0.5, 0.6) is 11.5 Å². The fourth-order valence-corrected chi connectivity index (χ4v) is 3.36. The number of nitrogens with zero attached hydrogens (tertiary/aromatic N) is 2. The number of nitrogens with one attached hydrogen (secondary N) is 1. The monoisotopic (exact) mass is 481 g/mol. The topological polar surface area (TPSA) is 137 Å². The molecule has 0 aliphatic heterocycles. The summed E-state index contributed by atoms with van der Waals surface area (Å²) in [4.78, 5) is 8.53. The first kappa shape index (κ1) is 24.9. The Kier molecular flexibility index (Phi) is 8.22. The molecule has 0 saturated heterocycles. The van der Waals surface area contributed by atoms with Gasteiger partial charge in [0, 0.05) is 22.2 Å². The van der Waals surface area contributed by atoms with Gasteiger partial charge in [-0.2, -0.15) is 0 Å². The second kappa shape index (κ2) is 10.9. The van der Waals surface area contributed by atoms with Gasteiger partial charge in [-0.1, -0.05) is 17.7 Å². The summed E-state index contributed by atoms with van der Waals surface area (Å²) in [5.41, 5.74) is 2.16. The highest BCUT2D eigenvalue weighted by Crippen LogP contribution is 2.36. The van der Waals surface area contributed by atoms with Crippen molar-refractivity contribution in [2.45, 2.75) is 31.4 Å². The SMILES string of the molecule is COc1cc2c(Nc3cc(Cl)ccc3C)ncnc2cc1O[C@H](CO)[C@H](O)[C@@H](O)[C@H](F)CO. The van der Waals surface area contributed by atoms with Crippen LogP contribution in [0.25, 0.3) is 10.9 Å². The molecule has 3 aromatic rings. The number of hydrogen-bond acceptors (Lipinski definition) is 9. The Morgan fingerprint density at radius 3 is 2.48 bits per heavy atom. The Morgan fingerprint density at radius 1 is 1.06 bits per heavy atom. The van der Waals surface area contributed by atoms with Crippen molar-refractivity contribution < 1.29 is 34.3 Å². The van der Waals surface area contributed by atoms with E-state index >= 15 is 0 Å². The highest BCUT2D eigenvalue weighted by atomic mass is 35.5. The Morgan fingerprint density at radius 2 is 1.82 bits per heavy atom. The second-order valence-electron chi connectivity index (χ2n) is 7.35. The number of aromatic nitrogens is 2. The molecule has 9 nitrogen and oxygen atoms in total. The van der Waals surface area contributed by atoms with Gasteiger partial charge in [0.1, 0.15) is 24.4 Å². The summed E-state index contributed by atoms with van der Waals surface area (Å²) < 4.78 is 24.6. The standard InChI is InChI=1S/C22H25ClFN3O6/c1-11-3-4-12(23)5-15(11)27-22-13-6-17(32-2)18(7-16(13)25-10-26-22)33-19(9-29)21(31)20(30)14(24)8-28/h3-7,10,14,19-21,28-31H,8-9H2,1-2H3,(H,25,26,27)/t14-,19-,20+,21+/m1/s1. The molecule has 0 spiro atoms. The molecule has 2 aromatic carbocycles. The average Bonchev–Trinajstić information content (AvgIpc) is 2.82. The minimum atomic E-state index is -2.10. The molecule has 0 bridgehead atoms. The molecule has 178 valence electrons. The van der Waals surface area contributed by atoms with Crippen molar-refractivity contribution in [3.8, 4) is 11.5 Å². The van der Waals surface area contributed by atoms with Crippen LogP contribution in [-0.2, 0) is 0 Å². The number of methoxy groups -OCH3 is 1. The molecule has 0 saturated carbocycles. The Balaban J connectivity index is 1.95. The predicted molar refractivity (Wildman–Crippen MR) is 121 cm³/mol. The molecular formula is C22H25ClFN3O6. The van der Waals surface area contributed by atoms with Crippen LogP contribution in [0.4, 0.5) is 15.9 Å². The maximum absolute atomic E-state index is 13.6. The van der Waals surface area contributed by atoms with E-state index in [1.54, 1.807) is 18.2 Å². The lowest BCUT2D eigenvalue weighted by Crippen LogP contribution is -2.48. The molecule has 0 amide bonds. The van der Waals surface area contributed by atoms with Gasteiger partial charge < -0.3 is 35.2 Å². The van der Waals surface area contributed by atoms with Crippen molar-refractivity contribution in [3.63, 3.8) is 0 Å². The van der Waals surface area contributed by atoms with Crippen molar-refractivity contribution in [3.05, 3.63) is 47.2 Å². The van der Waals surface area contributed by atoms with E-state index in [-0.39, 0.29) is 11.5 Å². The third kappa shape index (κ3) is 5.60. The third-order valence-corrected chi connectivity index (χ3v) is 5.34. The number of fused-ring (bicyclic) bond motifs is 1. The first-order valence-corrected chi connectivity index (χ1v) is 10.4. The lowest BCUT2D eigenvalue weighted by molar-refractivity contribution is -0.0981. The molecule has 5 N–H and O–H groups in total. The Hall–Kier alpha value is -2.76. The molecule has 1 aromatic heterocycles. The minimum absolute atomic E-state index is 0.0956. The zero-order valence-corrected chi connectivity index (χ0v) is 18.7. The van der Waals surface area contributed by atoms with Crippen molar-refractivity contribution in [2.24, 2.45) is 0 Å². The Bertz CT molecular complexity index is 1110. The van der Waals surface area contributed by atoms with E-state index in [0.717, 1.165) is 11.3 Å². The zero-order chi connectivity index (χ0) is 24.1. The number of halogens is 2. The van der Waals surface area contributed by atoms with Gasteiger partial charge >= 0.3 is 0 Å². The molecule has 0 fully saturated rings. The molecule has 33 heavy (non-hydrogen) atoms. The third-order valence-electron chi connectivity index (χ3n) is 5.11. The summed E-state index contributed by atoms with van der Waals surface area (Å²) >= 11 is 6.10. The highest BCUT2D eigenvalue weighted by Gasteiger charge is 2.34. The van der Waals surface area contributed by atoms with Gasteiger partial charge in [-0.3, -0.25) is 0 Å². The Labute approximate surface area is 194 Å². The van der Waals surface area contributed by atoms with E-state index in [4.69, 9.17) is 26.2 Å². The maximum Gasteiger partial charge on any atom is 0.164 e. The van der Waals surface area contributed by atoms with E-state index in [1.807, 2.05) is 13.0 Å². The molecule has 0 radical (unpaired) electrons. The fraction of sp³-hybridized carbons (Fsp3) is 0.364. The number of hydrogen-bond donors (Lipinski definition) is 5. The highest BCUT2D eigenvalue weighted by molar-refractivity contribution is 6.30. The van der Waals surface area contributed by atoms with E-state index < -0.39 is 37.7 Å². The van der Waals surface area contributed by atoms with Crippen LogP contribution in [0.1, 0.15) is 5.56 Å². The number of anilines is 2. The van der Waals surface area contributed by atoms with Crippen molar-refractivity contribution in [1.82, 2.24) is 9.97 Å². The first-order chi connectivity index (χ1) is 15.8. The quantitative estimate of drug-likeness (QED) is 0.295. The fourth-order valence-electron chi connectivity index (χ4n) is 3.19. The van der Waals surface area contributed by atoms with Crippen LogP contribution in [0.2, 0.25) is 5.02 Å². The number of benzene rings is 2. The van der Waals surface area contributed by atoms with Gasteiger partial charge in [-0.15, -0.1) is 0 Å². The van der Waals surface area contributed by atoms with Gasteiger partial charge in [0.15, 0.2) is 23.8 Å². The van der Waals surface area contributed by atoms with Crippen LogP contribution in [-0.4, -0.2) is 75.2 Å². The smallest absolute Gasteiger partial charge is 0.164 e. The minimum Gasteiger partial charge on any atom is -0.493 e. The van der Waals surface area contributed by atoms with Crippen molar-refractivity contribution >= 4 is 34.0 Å². The van der Waals surface area contributed by atoms with Crippen LogP contribution in [0.3, 0.4) is 0 Å². The van der Waals surface area contributed by atoms with Gasteiger partial charge in [0.25, 0.3) is 0 Å². The second-order valence-corrected chi connectivity index (χ2v) is 7.78. The number of rotatable bonds is 10. The number of aliphatic hydroxyl groups is 4. The van der Waals surface area contributed by atoms with Crippen LogP contribution >= 0.6 is 11.6 Å². The van der Waals surface area contributed by atoms with Gasteiger partial charge in [-0.05, 0) is 30.7 Å². The van der Waals surface area contributed by atoms with Crippen LogP contribution in [0.15, 0.2) is 36.7 Å². The lowest BCUT2D eigenvalue weighted by Gasteiger charge is -2.28. The summed E-state index contributed by atoms with van der Waals surface area (Å²) in [6, 6.07) is 8.53. The number of ether oxygens (including phenoxy) is 2. The maximum atomic E-state index is 13.6. The van der Waals surface area contributed by atoms with E-state index in [0.29, 0.717) is 21.7 Å². The molecular weight excluding hydrogens is 457 g/mol. The average molecular weight is 482 g/mol. The molecule has 0 aliphatic carbocycles. The van der Waals surface area contributed by atoms with Crippen LogP contribution < -0.4 is 14.8 Å². The molecule has 1 heterocycles. The summed E-state index contributed by atoms with van der Waals surface area (Å²) in [5.74, 6) is 0.799. The summed E-state index contributed by atoms with van der Waals surface area (Å²) in [5, 5.41) is 42.9. The summed E-state index contributed by atoms with van der Waals surface area (Å²) in [6.45, 7) is 0.193. The zero-order valence-electron chi connectivity index (χ0n) is 17.9. The number of aliphatic hydroxyl groups excluding tert-OH is 4. The van der Waals surface area contributed by atoms with Gasteiger partial charge in [-0.25, -0.2) is 14.4 Å². The van der Waals surface area contributed by atoms with Crippen molar-refractivity contribution in [2.75, 3.05) is 25.6 Å². The normalized spacial score (nSPS) is 15.0. The molecule has 4 atom stereocenters. The predicted octanol–water partition coefficient (Wildman–Crippen LogP) is 2.14. The lowest BCUT2D eigenvalue weighted by atomic mass is 10.0. The molecule has 0 aliphatic rings. The number of alkyl halides is 1.